The second-order valence-corrected chi connectivity index (χ2v) is 9.18. The zero-order valence-electron chi connectivity index (χ0n) is 22.0. The first-order valence-electron chi connectivity index (χ1n) is 13.0. The van der Waals surface area contributed by atoms with Crippen LogP contribution >= 0.6 is 0 Å². The Morgan fingerprint density at radius 3 is 2.46 bits per heavy atom. The molecule has 0 spiro atoms. The first kappa shape index (κ1) is 28.0. The van der Waals surface area contributed by atoms with E-state index in [0.29, 0.717) is 41.6 Å². The molecule has 198 valence electrons. The second kappa shape index (κ2) is 14.3. The molecule has 0 radical (unpaired) electrons. The minimum atomic E-state index is -0.796. The van der Waals surface area contributed by atoms with E-state index in [1.165, 1.54) is 6.07 Å². The summed E-state index contributed by atoms with van der Waals surface area (Å²) in [7, 11) is 1.55. The van der Waals surface area contributed by atoms with Gasteiger partial charge in [-0.3, -0.25) is 4.79 Å². The highest BCUT2D eigenvalue weighted by Crippen LogP contribution is 2.35. The normalized spacial score (nSPS) is 11.7. The summed E-state index contributed by atoms with van der Waals surface area (Å²) >= 11 is 0. The van der Waals surface area contributed by atoms with Crippen LogP contribution in [0.25, 0.3) is 11.1 Å². The fraction of sp³-hybridized carbons (Fsp3) is 0.387. The van der Waals surface area contributed by atoms with Crippen molar-refractivity contribution in [3.8, 4) is 28.4 Å². The van der Waals surface area contributed by atoms with Crippen LogP contribution in [0.4, 0.5) is 4.39 Å². The number of aliphatic carboxylic acids is 1. The highest BCUT2D eigenvalue weighted by atomic mass is 19.1. The fourth-order valence-corrected chi connectivity index (χ4v) is 4.24. The molecule has 3 rings (SSSR count). The van der Waals surface area contributed by atoms with E-state index < -0.39 is 5.97 Å². The Morgan fingerprint density at radius 2 is 1.73 bits per heavy atom. The van der Waals surface area contributed by atoms with Crippen LogP contribution in [0.1, 0.15) is 69.4 Å². The predicted octanol–water partition coefficient (Wildman–Crippen LogP) is 8.01. The minimum Gasteiger partial charge on any atom is -0.497 e. The summed E-state index contributed by atoms with van der Waals surface area (Å²) in [6.45, 7) is 5.02. The van der Waals surface area contributed by atoms with Crippen LogP contribution in [0, 0.1) is 5.82 Å². The molecule has 0 saturated carbocycles. The monoisotopic (exact) mass is 508 g/mol. The lowest BCUT2D eigenvalue weighted by atomic mass is 9.90. The van der Waals surface area contributed by atoms with Gasteiger partial charge in [0.2, 0.25) is 0 Å². The van der Waals surface area contributed by atoms with E-state index in [4.69, 9.17) is 14.2 Å². The average Bonchev–Trinajstić information content (AvgIpc) is 2.90. The first-order chi connectivity index (χ1) is 17.9. The number of carboxylic acids is 1. The van der Waals surface area contributed by atoms with Gasteiger partial charge in [-0.2, -0.15) is 0 Å². The van der Waals surface area contributed by atoms with Crippen molar-refractivity contribution < 1.29 is 28.5 Å². The van der Waals surface area contributed by atoms with Gasteiger partial charge in [0.05, 0.1) is 20.1 Å². The summed E-state index contributed by atoms with van der Waals surface area (Å²) in [5.41, 5.74) is 2.94. The number of methoxy groups -OCH3 is 1. The van der Waals surface area contributed by atoms with Gasteiger partial charge in [-0.15, -0.1) is 0 Å². The standard InChI is InChI=1S/C31H37FO5/c1-4-6-9-24(19-31(33)34)23-10-8-11-26(18-23)37-21-22-12-14-27(30(17-22)36-16-7-5-2)28-20-25(35-3)13-15-29(28)32/h8,10-15,17-18,20,24H,4-7,9,16,19,21H2,1-3H3,(H,33,34)/t24-/m1/s1. The Hall–Kier alpha value is -3.54. The third-order valence-corrected chi connectivity index (χ3v) is 6.33. The number of rotatable bonds is 15. The van der Waals surface area contributed by atoms with Crippen molar-refractivity contribution in [3.05, 3.63) is 77.6 Å². The number of ether oxygens (including phenoxy) is 3. The van der Waals surface area contributed by atoms with E-state index in [1.54, 1.807) is 19.2 Å². The van der Waals surface area contributed by atoms with Gasteiger partial charge < -0.3 is 19.3 Å². The molecule has 0 aliphatic rings. The van der Waals surface area contributed by atoms with E-state index in [1.807, 2.05) is 42.5 Å². The summed E-state index contributed by atoms with van der Waals surface area (Å²) in [4.78, 5) is 11.4. The van der Waals surface area contributed by atoms with Crippen molar-refractivity contribution in [2.75, 3.05) is 13.7 Å². The maximum absolute atomic E-state index is 14.7. The van der Waals surface area contributed by atoms with Crippen molar-refractivity contribution >= 4 is 5.97 Å². The van der Waals surface area contributed by atoms with Gasteiger partial charge in [-0.1, -0.05) is 57.4 Å². The number of carboxylic acid groups (broad SMARTS) is 1. The van der Waals surface area contributed by atoms with E-state index in [-0.39, 0.29) is 18.2 Å². The van der Waals surface area contributed by atoms with Gasteiger partial charge >= 0.3 is 5.97 Å². The minimum absolute atomic E-state index is 0.0448. The summed E-state index contributed by atoms with van der Waals surface area (Å²) in [5, 5.41) is 9.35. The molecule has 0 heterocycles. The lowest BCUT2D eigenvalue weighted by molar-refractivity contribution is -0.137. The molecule has 0 aliphatic carbocycles. The Balaban J connectivity index is 1.81. The maximum atomic E-state index is 14.7. The zero-order chi connectivity index (χ0) is 26.6. The van der Waals surface area contributed by atoms with Crippen molar-refractivity contribution in [3.63, 3.8) is 0 Å². The number of benzene rings is 3. The molecule has 0 saturated heterocycles. The summed E-state index contributed by atoms with van der Waals surface area (Å²) in [6.07, 6.45) is 4.80. The molecule has 0 fully saturated rings. The molecule has 6 heteroatoms. The van der Waals surface area contributed by atoms with Gasteiger partial charge in [0, 0.05) is 11.1 Å². The second-order valence-electron chi connectivity index (χ2n) is 9.18. The largest absolute Gasteiger partial charge is 0.497 e. The maximum Gasteiger partial charge on any atom is 0.303 e. The van der Waals surface area contributed by atoms with Crippen LogP contribution in [0.5, 0.6) is 17.2 Å². The van der Waals surface area contributed by atoms with Crippen LogP contribution in [0.3, 0.4) is 0 Å². The molecule has 3 aromatic rings. The van der Waals surface area contributed by atoms with Crippen LogP contribution < -0.4 is 14.2 Å². The molecule has 0 bridgehead atoms. The summed E-state index contributed by atoms with van der Waals surface area (Å²) in [6, 6.07) is 18.0. The number of hydrogen-bond acceptors (Lipinski definition) is 4. The molecule has 5 nitrogen and oxygen atoms in total. The topological polar surface area (TPSA) is 65.0 Å². The highest BCUT2D eigenvalue weighted by molar-refractivity contribution is 5.72. The number of halogens is 1. The fourth-order valence-electron chi connectivity index (χ4n) is 4.24. The van der Waals surface area contributed by atoms with Crippen molar-refractivity contribution in [1.82, 2.24) is 0 Å². The van der Waals surface area contributed by atoms with Crippen molar-refractivity contribution in [1.29, 1.82) is 0 Å². The first-order valence-corrected chi connectivity index (χ1v) is 13.0. The molecule has 1 N–H and O–H groups in total. The van der Waals surface area contributed by atoms with Crippen LogP contribution in [0.15, 0.2) is 60.7 Å². The van der Waals surface area contributed by atoms with Gasteiger partial charge in [-0.25, -0.2) is 4.39 Å². The van der Waals surface area contributed by atoms with Crippen molar-refractivity contribution in [2.24, 2.45) is 0 Å². The van der Waals surface area contributed by atoms with Gasteiger partial charge in [0.15, 0.2) is 0 Å². The number of carbonyl (C=O) groups is 1. The van der Waals surface area contributed by atoms with Crippen molar-refractivity contribution in [2.45, 2.75) is 64.9 Å². The van der Waals surface area contributed by atoms with Crippen LogP contribution in [-0.4, -0.2) is 24.8 Å². The molecular weight excluding hydrogens is 471 g/mol. The predicted molar refractivity (Wildman–Crippen MR) is 144 cm³/mol. The Bertz CT molecular complexity index is 1160. The third kappa shape index (κ3) is 8.24. The smallest absolute Gasteiger partial charge is 0.303 e. The molecule has 0 amide bonds. The van der Waals surface area contributed by atoms with E-state index in [0.717, 1.165) is 43.2 Å². The molecule has 3 aromatic carbocycles. The van der Waals surface area contributed by atoms with Gasteiger partial charge in [0.25, 0.3) is 0 Å². The van der Waals surface area contributed by atoms with E-state index >= 15 is 0 Å². The molecule has 0 unspecified atom stereocenters. The Kier molecular flexibility index (Phi) is 10.8. The summed E-state index contributed by atoms with van der Waals surface area (Å²) in [5.74, 6) is 0.661. The number of unbranched alkanes of at least 4 members (excludes halogenated alkanes) is 2. The highest BCUT2D eigenvalue weighted by Gasteiger charge is 2.17. The molecule has 0 aromatic heterocycles. The molecule has 0 aliphatic heterocycles. The van der Waals surface area contributed by atoms with Gasteiger partial charge in [-0.05, 0) is 66.3 Å². The Labute approximate surface area is 219 Å². The molecule has 1 atom stereocenters. The summed E-state index contributed by atoms with van der Waals surface area (Å²) < 4.78 is 32.1. The van der Waals surface area contributed by atoms with Crippen LogP contribution in [0.2, 0.25) is 0 Å². The Morgan fingerprint density at radius 1 is 0.919 bits per heavy atom. The molecular formula is C31H37FO5. The van der Waals surface area contributed by atoms with Crippen LogP contribution in [-0.2, 0) is 11.4 Å². The lowest BCUT2D eigenvalue weighted by Gasteiger charge is -2.17. The molecule has 37 heavy (non-hydrogen) atoms. The quantitative estimate of drug-likeness (QED) is 0.211. The SMILES string of the molecule is CCCCOc1cc(COc2cccc([C@H](CCCC)CC(=O)O)c2)ccc1-c1cc(OC)ccc1F. The van der Waals surface area contributed by atoms with E-state index in [9.17, 15) is 14.3 Å². The lowest BCUT2D eigenvalue weighted by Crippen LogP contribution is -2.07. The van der Waals surface area contributed by atoms with E-state index in [2.05, 4.69) is 13.8 Å². The number of hydrogen-bond donors (Lipinski definition) is 1. The zero-order valence-corrected chi connectivity index (χ0v) is 22.0. The van der Waals surface area contributed by atoms with Gasteiger partial charge in [0.1, 0.15) is 29.7 Å². The third-order valence-electron chi connectivity index (χ3n) is 6.33. The average molecular weight is 509 g/mol.